The van der Waals surface area contributed by atoms with Gasteiger partial charge in [0.15, 0.2) is 0 Å². The Bertz CT molecular complexity index is 269. The molecular formula is C6H7F2N3. The molecular weight excluding hydrogens is 152 g/mol. The van der Waals surface area contributed by atoms with Crippen LogP contribution in [0.3, 0.4) is 0 Å². The number of aromatic nitrogens is 2. The highest BCUT2D eigenvalue weighted by molar-refractivity contribution is 5.23. The van der Waals surface area contributed by atoms with Crippen LogP contribution in [0.15, 0.2) is 6.20 Å². The molecule has 2 N–H and O–H groups in total. The van der Waals surface area contributed by atoms with E-state index in [1.54, 1.807) is 0 Å². The molecule has 5 heteroatoms. The van der Waals surface area contributed by atoms with Crippen LogP contribution in [0.4, 0.5) is 8.78 Å². The van der Waals surface area contributed by atoms with Crippen LogP contribution in [0.2, 0.25) is 0 Å². The van der Waals surface area contributed by atoms with Crippen molar-refractivity contribution in [2.24, 2.45) is 0 Å². The van der Waals surface area contributed by atoms with Crippen molar-refractivity contribution in [1.29, 1.82) is 0 Å². The Morgan fingerprint density at radius 2 is 2.36 bits per heavy atom. The van der Waals surface area contributed by atoms with Crippen molar-refractivity contribution in [3.63, 3.8) is 0 Å². The van der Waals surface area contributed by atoms with Gasteiger partial charge in [0.1, 0.15) is 5.69 Å². The van der Waals surface area contributed by atoms with Crippen molar-refractivity contribution in [2.75, 3.05) is 6.54 Å². The van der Waals surface area contributed by atoms with E-state index < -0.39 is 5.92 Å². The second-order valence-electron chi connectivity index (χ2n) is 2.57. The van der Waals surface area contributed by atoms with Gasteiger partial charge in [-0.15, -0.1) is 0 Å². The fraction of sp³-hybridized carbons (Fsp3) is 0.500. The summed E-state index contributed by atoms with van der Waals surface area (Å²) in [5.74, 6) is -2.81. The van der Waals surface area contributed by atoms with Crippen molar-refractivity contribution in [1.82, 2.24) is 15.5 Å². The molecule has 2 rings (SSSR count). The van der Waals surface area contributed by atoms with Crippen molar-refractivity contribution < 1.29 is 8.78 Å². The zero-order valence-corrected chi connectivity index (χ0v) is 5.69. The first-order chi connectivity index (χ1) is 5.20. The van der Waals surface area contributed by atoms with Gasteiger partial charge in [0.25, 0.3) is 0 Å². The maximum Gasteiger partial charge on any atom is 0.303 e. The number of nitrogens with zero attached hydrogens (tertiary/aromatic N) is 1. The van der Waals surface area contributed by atoms with E-state index in [4.69, 9.17) is 0 Å². The normalized spacial score (nSPS) is 21.3. The van der Waals surface area contributed by atoms with Crippen LogP contribution in [0.1, 0.15) is 11.3 Å². The number of halogens is 2. The molecule has 1 aromatic heterocycles. The highest BCUT2D eigenvalue weighted by Crippen LogP contribution is 2.30. The van der Waals surface area contributed by atoms with Gasteiger partial charge in [-0.3, -0.25) is 5.10 Å². The average molecular weight is 159 g/mol. The molecule has 1 aliphatic rings. The highest BCUT2D eigenvalue weighted by Gasteiger charge is 2.38. The molecule has 0 amide bonds. The maximum absolute atomic E-state index is 12.9. The topological polar surface area (TPSA) is 40.7 Å². The first kappa shape index (κ1) is 6.72. The minimum absolute atomic E-state index is 0.115. The third-order valence-electron chi connectivity index (χ3n) is 1.73. The summed E-state index contributed by atoms with van der Waals surface area (Å²) in [7, 11) is 0. The fourth-order valence-electron chi connectivity index (χ4n) is 1.20. The highest BCUT2D eigenvalue weighted by atomic mass is 19.3. The summed E-state index contributed by atoms with van der Waals surface area (Å²) in [5.41, 5.74) is 0.442. The quantitative estimate of drug-likeness (QED) is 0.582. The first-order valence-corrected chi connectivity index (χ1v) is 3.32. The van der Waals surface area contributed by atoms with Crippen LogP contribution in [-0.4, -0.2) is 16.7 Å². The molecule has 0 bridgehead atoms. The summed E-state index contributed by atoms with van der Waals surface area (Å²) in [4.78, 5) is 0. The van der Waals surface area contributed by atoms with Gasteiger partial charge in [-0.2, -0.15) is 13.9 Å². The standard InChI is InChI=1S/C6H7F2N3/c7-6(8)3-9-1-4-2-10-11-5(4)6/h2,9H,1,3H2,(H,10,11). The van der Waals surface area contributed by atoms with Gasteiger partial charge in [0.2, 0.25) is 0 Å². The largest absolute Gasteiger partial charge is 0.307 e. The van der Waals surface area contributed by atoms with Gasteiger partial charge in [-0.1, -0.05) is 0 Å². The summed E-state index contributed by atoms with van der Waals surface area (Å²) in [6.45, 7) is 0.159. The Morgan fingerprint density at radius 3 is 3.09 bits per heavy atom. The van der Waals surface area contributed by atoms with E-state index in [0.717, 1.165) is 0 Å². The fourth-order valence-corrected chi connectivity index (χ4v) is 1.20. The van der Waals surface area contributed by atoms with Gasteiger partial charge < -0.3 is 5.32 Å². The molecule has 0 aliphatic carbocycles. The molecule has 0 atom stereocenters. The second kappa shape index (κ2) is 2.01. The van der Waals surface area contributed by atoms with Crippen molar-refractivity contribution in [3.8, 4) is 0 Å². The predicted octanol–water partition coefficient (Wildman–Crippen LogP) is 0.605. The molecule has 0 unspecified atom stereocenters. The number of hydrogen-bond acceptors (Lipinski definition) is 2. The van der Waals surface area contributed by atoms with Crippen molar-refractivity contribution >= 4 is 0 Å². The van der Waals surface area contributed by atoms with Gasteiger partial charge in [-0.05, 0) is 0 Å². The Balaban J connectivity index is 2.48. The van der Waals surface area contributed by atoms with Crippen LogP contribution in [0, 0.1) is 0 Å². The number of fused-ring (bicyclic) bond motifs is 1. The molecule has 3 nitrogen and oxygen atoms in total. The number of nitrogens with one attached hydrogen (secondary N) is 2. The van der Waals surface area contributed by atoms with E-state index in [9.17, 15) is 8.78 Å². The molecule has 0 fully saturated rings. The van der Waals surface area contributed by atoms with Crippen LogP contribution in [-0.2, 0) is 12.5 Å². The first-order valence-electron chi connectivity index (χ1n) is 3.32. The lowest BCUT2D eigenvalue weighted by molar-refractivity contribution is -0.0151. The number of rotatable bonds is 0. The molecule has 0 saturated heterocycles. The monoisotopic (exact) mass is 159 g/mol. The summed E-state index contributed by atoms with van der Waals surface area (Å²) in [6.07, 6.45) is 1.50. The third kappa shape index (κ3) is 0.920. The van der Waals surface area contributed by atoms with Gasteiger partial charge in [-0.25, -0.2) is 0 Å². The molecule has 1 aliphatic heterocycles. The third-order valence-corrected chi connectivity index (χ3v) is 1.73. The Hall–Kier alpha value is -0.970. The second-order valence-corrected chi connectivity index (χ2v) is 2.57. The number of alkyl halides is 2. The van der Waals surface area contributed by atoms with Gasteiger partial charge >= 0.3 is 5.92 Å². The Morgan fingerprint density at radius 1 is 1.55 bits per heavy atom. The number of aromatic amines is 1. The van der Waals surface area contributed by atoms with Gasteiger partial charge in [0.05, 0.1) is 6.54 Å². The zero-order chi connectivity index (χ0) is 7.90. The van der Waals surface area contributed by atoms with E-state index >= 15 is 0 Å². The molecule has 11 heavy (non-hydrogen) atoms. The number of hydrogen-bond donors (Lipinski definition) is 2. The van der Waals surface area contributed by atoms with E-state index in [-0.39, 0.29) is 12.2 Å². The lowest BCUT2D eigenvalue weighted by atomic mass is 10.1. The zero-order valence-electron chi connectivity index (χ0n) is 5.69. The van der Waals surface area contributed by atoms with Crippen LogP contribution >= 0.6 is 0 Å². The van der Waals surface area contributed by atoms with Crippen LogP contribution in [0.5, 0.6) is 0 Å². The van der Waals surface area contributed by atoms with Crippen LogP contribution < -0.4 is 5.32 Å². The van der Waals surface area contributed by atoms with E-state index in [0.29, 0.717) is 12.1 Å². The van der Waals surface area contributed by atoms with Crippen LogP contribution in [0.25, 0.3) is 0 Å². The Kier molecular flexibility index (Phi) is 1.23. The SMILES string of the molecule is FC1(F)CNCc2c[nH]nc21. The van der Waals surface area contributed by atoms with E-state index in [1.165, 1.54) is 6.20 Å². The smallest absolute Gasteiger partial charge is 0.303 e. The molecule has 0 radical (unpaired) electrons. The van der Waals surface area contributed by atoms with E-state index in [2.05, 4.69) is 15.5 Å². The molecule has 1 aromatic rings. The molecule has 0 spiro atoms. The van der Waals surface area contributed by atoms with Gasteiger partial charge in [0, 0.05) is 18.3 Å². The maximum atomic E-state index is 12.9. The van der Waals surface area contributed by atoms with Crippen molar-refractivity contribution in [3.05, 3.63) is 17.5 Å². The lowest BCUT2D eigenvalue weighted by Gasteiger charge is -2.20. The molecule has 0 saturated carbocycles. The Labute approximate surface area is 61.8 Å². The summed E-state index contributed by atoms with van der Waals surface area (Å²) in [6, 6.07) is 0. The molecule has 60 valence electrons. The summed E-state index contributed by atoms with van der Waals surface area (Å²) >= 11 is 0. The molecule has 2 heterocycles. The number of H-pyrrole nitrogens is 1. The predicted molar refractivity (Wildman–Crippen MR) is 34.2 cm³/mol. The minimum atomic E-state index is -2.81. The van der Waals surface area contributed by atoms with Crippen molar-refractivity contribution in [2.45, 2.75) is 12.5 Å². The lowest BCUT2D eigenvalue weighted by Crippen LogP contribution is -2.36. The minimum Gasteiger partial charge on any atom is -0.307 e. The van der Waals surface area contributed by atoms with E-state index in [1.807, 2.05) is 0 Å². The summed E-state index contributed by atoms with van der Waals surface area (Å²) < 4.78 is 25.8. The summed E-state index contributed by atoms with van der Waals surface area (Å²) in [5, 5.41) is 8.53. The average Bonchev–Trinajstić information content (AvgIpc) is 2.34. The molecule has 0 aromatic carbocycles.